The minimum atomic E-state index is 0.768. The summed E-state index contributed by atoms with van der Waals surface area (Å²) >= 11 is 8.03. The summed E-state index contributed by atoms with van der Waals surface area (Å²) in [5.41, 5.74) is 2.21. The van der Waals surface area contributed by atoms with Gasteiger partial charge in [-0.1, -0.05) is 11.6 Å². The Hall–Kier alpha value is -0.190. The van der Waals surface area contributed by atoms with E-state index < -0.39 is 0 Å². The second-order valence-corrected chi connectivity index (χ2v) is 5.30. The van der Waals surface area contributed by atoms with Gasteiger partial charge in [-0.3, -0.25) is 4.68 Å². The highest BCUT2D eigenvalue weighted by atomic mass is 35.5. The summed E-state index contributed by atoms with van der Waals surface area (Å²) in [6.45, 7) is 3.11. The molecule has 1 rings (SSSR count). The van der Waals surface area contributed by atoms with E-state index in [0.717, 1.165) is 28.9 Å². The predicted octanol–water partition coefficient (Wildman–Crippen LogP) is 2.18. The average Bonchev–Trinajstić information content (AvgIpc) is 2.37. The molecule has 15 heavy (non-hydrogen) atoms. The van der Waals surface area contributed by atoms with Crippen molar-refractivity contribution in [2.45, 2.75) is 12.7 Å². The van der Waals surface area contributed by atoms with Gasteiger partial charge in [-0.2, -0.15) is 16.9 Å². The smallest absolute Gasteiger partial charge is 0.131 e. The first-order chi connectivity index (χ1) is 7.02. The van der Waals surface area contributed by atoms with Gasteiger partial charge in [0.05, 0.1) is 5.69 Å². The highest BCUT2D eigenvalue weighted by Gasteiger charge is 2.10. The van der Waals surface area contributed by atoms with Crippen LogP contribution >= 0.6 is 23.4 Å². The fraction of sp³-hybridized carbons (Fsp3) is 0.700. The van der Waals surface area contributed by atoms with Crippen LogP contribution in [0.1, 0.15) is 11.3 Å². The normalized spacial score (nSPS) is 11.3. The SMILES string of the molecule is Cc1nn(C)c(Cl)c1CSCCN(C)C. The third-order valence-corrected chi connectivity index (χ3v) is 3.64. The Kier molecular flexibility index (Phi) is 4.96. The van der Waals surface area contributed by atoms with E-state index in [1.54, 1.807) is 4.68 Å². The quantitative estimate of drug-likeness (QED) is 0.745. The molecule has 1 aromatic heterocycles. The first-order valence-electron chi connectivity index (χ1n) is 4.92. The van der Waals surface area contributed by atoms with Crippen molar-refractivity contribution in [1.82, 2.24) is 14.7 Å². The van der Waals surface area contributed by atoms with Gasteiger partial charge in [-0.25, -0.2) is 0 Å². The van der Waals surface area contributed by atoms with Gasteiger partial charge in [-0.15, -0.1) is 0 Å². The number of hydrogen-bond donors (Lipinski definition) is 0. The van der Waals surface area contributed by atoms with Crippen molar-refractivity contribution in [3.05, 3.63) is 16.4 Å². The molecule has 0 unspecified atom stereocenters. The van der Waals surface area contributed by atoms with E-state index in [-0.39, 0.29) is 0 Å². The summed E-state index contributed by atoms with van der Waals surface area (Å²) in [5.74, 6) is 2.07. The van der Waals surface area contributed by atoms with Crippen LogP contribution in [0.3, 0.4) is 0 Å². The molecule has 0 saturated carbocycles. The lowest BCUT2D eigenvalue weighted by Gasteiger charge is -2.08. The van der Waals surface area contributed by atoms with Crippen molar-refractivity contribution in [1.29, 1.82) is 0 Å². The van der Waals surface area contributed by atoms with Crippen LogP contribution in [-0.4, -0.2) is 41.1 Å². The Balaban J connectivity index is 2.44. The Morgan fingerprint density at radius 3 is 2.60 bits per heavy atom. The zero-order valence-electron chi connectivity index (χ0n) is 9.75. The number of halogens is 1. The van der Waals surface area contributed by atoms with Crippen LogP contribution in [-0.2, 0) is 12.8 Å². The number of aromatic nitrogens is 2. The summed E-state index contributed by atoms with van der Waals surface area (Å²) < 4.78 is 1.73. The van der Waals surface area contributed by atoms with Crippen molar-refractivity contribution in [3.8, 4) is 0 Å². The maximum atomic E-state index is 6.13. The number of hydrogen-bond acceptors (Lipinski definition) is 3. The molecule has 0 aromatic carbocycles. The predicted molar refractivity (Wildman–Crippen MR) is 67.7 cm³/mol. The first kappa shape index (κ1) is 12.9. The Morgan fingerprint density at radius 2 is 2.13 bits per heavy atom. The number of rotatable bonds is 5. The molecule has 1 heterocycles. The topological polar surface area (TPSA) is 21.1 Å². The summed E-state index contributed by atoms with van der Waals surface area (Å²) in [5, 5.41) is 5.05. The Labute approximate surface area is 101 Å². The van der Waals surface area contributed by atoms with Gasteiger partial charge < -0.3 is 4.90 Å². The fourth-order valence-corrected chi connectivity index (χ4v) is 2.77. The molecule has 0 saturated heterocycles. The molecule has 0 spiro atoms. The van der Waals surface area contributed by atoms with Crippen LogP contribution in [0.25, 0.3) is 0 Å². The average molecular weight is 248 g/mol. The van der Waals surface area contributed by atoms with Gasteiger partial charge in [0.15, 0.2) is 0 Å². The van der Waals surface area contributed by atoms with Gasteiger partial charge in [0.1, 0.15) is 5.15 Å². The minimum Gasteiger partial charge on any atom is -0.309 e. The molecule has 0 N–H and O–H groups in total. The summed E-state index contributed by atoms with van der Waals surface area (Å²) in [6.07, 6.45) is 0. The molecule has 0 radical (unpaired) electrons. The highest BCUT2D eigenvalue weighted by molar-refractivity contribution is 7.98. The fourth-order valence-electron chi connectivity index (χ4n) is 1.26. The number of nitrogens with zero attached hydrogens (tertiary/aromatic N) is 3. The third-order valence-electron chi connectivity index (χ3n) is 2.20. The van der Waals surface area contributed by atoms with E-state index in [1.165, 1.54) is 5.56 Å². The molecule has 0 fully saturated rings. The van der Waals surface area contributed by atoms with Gasteiger partial charge in [-0.05, 0) is 21.0 Å². The zero-order valence-corrected chi connectivity index (χ0v) is 11.3. The molecular formula is C10H18ClN3S. The Morgan fingerprint density at radius 1 is 1.47 bits per heavy atom. The molecule has 0 aliphatic heterocycles. The molecule has 0 atom stereocenters. The maximum Gasteiger partial charge on any atom is 0.131 e. The van der Waals surface area contributed by atoms with Crippen LogP contribution in [0, 0.1) is 6.92 Å². The number of aryl methyl sites for hydroxylation is 2. The van der Waals surface area contributed by atoms with Crippen molar-refractivity contribution in [2.75, 3.05) is 26.4 Å². The maximum absolute atomic E-state index is 6.13. The lowest BCUT2D eigenvalue weighted by Crippen LogP contribution is -2.14. The van der Waals surface area contributed by atoms with Crippen LogP contribution < -0.4 is 0 Å². The third kappa shape index (κ3) is 3.70. The summed E-state index contributed by atoms with van der Waals surface area (Å²) in [7, 11) is 6.05. The minimum absolute atomic E-state index is 0.768. The van der Waals surface area contributed by atoms with E-state index in [4.69, 9.17) is 11.6 Å². The molecule has 5 heteroatoms. The van der Waals surface area contributed by atoms with E-state index >= 15 is 0 Å². The van der Waals surface area contributed by atoms with E-state index in [0.29, 0.717) is 0 Å². The van der Waals surface area contributed by atoms with Crippen LogP contribution in [0.5, 0.6) is 0 Å². The van der Waals surface area contributed by atoms with E-state index in [1.807, 2.05) is 25.7 Å². The van der Waals surface area contributed by atoms with Gasteiger partial charge >= 0.3 is 0 Å². The highest BCUT2D eigenvalue weighted by Crippen LogP contribution is 2.23. The summed E-state index contributed by atoms with van der Waals surface area (Å²) in [6, 6.07) is 0. The van der Waals surface area contributed by atoms with Crippen LogP contribution in [0.4, 0.5) is 0 Å². The standard InChI is InChI=1S/C10H18ClN3S/c1-8-9(10(11)14(4)12-8)7-15-6-5-13(2)3/h5-7H2,1-4H3. The number of thioether (sulfide) groups is 1. The second kappa shape index (κ2) is 5.77. The van der Waals surface area contributed by atoms with Crippen molar-refractivity contribution in [3.63, 3.8) is 0 Å². The van der Waals surface area contributed by atoms with Crippen LogP contribution in [0.15, 0.2) is 0 Å². The van der Waals surface area contributed by atoms with Crippen molar-refractivity contribution in [2.24, 2.45) is 7.05 Å². The molecule has 0 aliphatic carbocycles. The van der Waals surface area contributed by atoms with Crippen molar-refractivity contribution >= 4 is 23.4 Å². The molecule has 0 amide bonds. The lowest BCUT2D eigenvalue weighted by molar-refractivity contribution is 0.437. The van der Waals surface area contributed by atoms with E-state index in [2.05, 4.69) is 24.1 Å². The molecule has 0 aliphatic rings. The van der Waals surface area contributed by atoms with Crippen molar-refractivity contribution < 1.29 is 0 Å². The molecule has 3 nitrogen and oxygen atoms in total. The Bertz CT molecular complexity index is 323. The van der Waals surface area contributed by atoms with Gasteiger partial charge in [0.25, 0.3) is 0 Å². The molecular weight excluding hydrogens is 230 g/mol. The largest absolute Gasteiger partial charge is 0.309 e. The van der Waals surface area contributed by atoms with E-state index in [9.17, 15) is 0 Å². The molecule has 1 aromatic rings. The molecule has 86 valence electrons. The first-order valence-corrected chi connectivity index (χ1v) is 6.46. The second-order valence-electron chi connectivity index (χ2n) is 3.83. The van der Waals surface area contributed by atoms with Gasteiger partial charge in [0, 0.05) is 30.7 Å². The van der Waals surface area contributed by atoms with Gasteiger partial charge in [0.2, 0.25) is 0 Å². The summed E-state index contributed by atoms with van der Waals surface area (Å²) in [4.78, 5) is 2.19. The monoisotopic (exact) mass is 247 g/mol. The zero-order chi connectivity index (χ0) is 11.4. The molecule has 0 bridgehead atoms. The van der Waals surface area contributed by atoms with Crippen LogP contribution in [0.2, 0.25) is 5.15 Å². The lowest BCUT2D eigenvalue weighted by atomic mass is 10.3.